The minimum absolute atomic E-state index is 0.437. The van der Waals surface area contributed by atoms with Crippen molar-refractivity contribution in [1.82, 2.24) is 24.9 Å². The number of rotatable bonds is 3. The zero-order valence-corrected chi connectivity index (χ0v) is 16.8. The first-order valence-corrected chi connectivity index (χ1v) is 10.1. The number of aliphatic carboxylic acids is 1. The van der Waals surface area contributed by atoms with Crippen molar-refractivity contribution in [3.05, 3.63) is 23.5 Å². The van der Waals surface area contributed by atoms with Gasteiger partial charge in [0.05, 0.1) is 6.20 Å². The van der Waals surface area contributed by atoms with Gasteiger partial charge < -0.3 is 10.0 Å². The number of carboxylic acid groups (broad SMARTS) is 1. The summed E-state index contributed by atoms with van der Waals surface area (Å²) >= 11 is 1.65. The maximum Gasteiger partial charge on any atom is 0.490 e. The number of alkyl halides is 3. The predicted octanol–water partition coefficient (Wildman–Crippen LogP) is 2.40. The Hall–Kier alpha value is -2.21. The maximum absolute atomic E-state index is 10.6. The van der Waals surface area contributed by atoms with Gasteiger partial charge in [-0.15, -0.1) is 10.2 Å². The molecule has 4 heterocycles. The van der Waals surface area contributed by atoms with Crippen LogP contribution in [0.5, 0.6) is 0 Å². The van der Waals surface area contributed by atoms with Crippen LogP contribution in [0.4, 0.5) is 18.3 Å². The molecule has 1 unspecified atom stereocenters. The third kappa shape index (κ3) is 5.66. The number of carboxylic acids is 1. The van der Waals surface area contributed by atoms with E-state index in [4.69, 9.17) is 9.90 Å². The third-order valence-electron chi connectivity index (χ3n) is 5.20. The van der Waals surface area contributed by atoms with Gasteiger partial charge in [-0.3, -0.25) is 9.58 Å². The molecule has 1 N–H and O–H groups in total. The SMILES string of the molecule is Cn1cc(CN2CCCC3(CCN(c4nncs4)C3)C2)cn1.O=C(O)C(F)(F)F. The van der Waals surface area contributed by atoms with Gasteiger partial charge in [-0.2, -0.15) is 18.3 Å². The van der Waals surface area contributed by atoms with E-state index in [-0.39, 0.29) is 0 Å². The second-order valence-electron chi connectivity index (χ2n) is 7.53. The summed E-state index contributed by atoms with van der Waals surface area (Å²) in [6.45, 7) is 5.67. The summed E-state index contributed by atoms with van der Waals surface area (Å²) in [7, 11) is 1.98. The molecule has 1 spiro atoms. The van der Waals surface area contributed by atoms with Gasteiger partial charge in [0, 0.05) is 50.4 Å². The molecule has 0 radical (unpaired) electrons. The molecule has 1 atom stereocenters. The van der Waals surface area contributed by atoms with Crippen LogP contribution in [0.1, 0.15) is 24.8 Å². The van der Waals surface area contributed by atoms with Crippen LogP contribution in [0.2, 0.25) is 0 Å². The number of aromatic nitrogens is 4. The summed E-state index contributed by atoms with van der Waals surface area (Å²) < 4.78 is 33.6. The lowest BCUT2D eigenvalue weighted by atomic mass is 9.79. The van der Waals surface area contributed by atoms with E-state index in [0.717, 1.165) is 24.8 Å². The summed E-state index contributed by atoms with van der Waals surface area (Å²) in [5, 5.41) is 20.7. The molecule has 12 heteroatoms. The molecular weight excluding hydrogens is 409 g/mol. The van der Waals surface area contributed by atoms with Crippen molar-refractivity contribution in [2.45, 2.75) is 32.0 Å². The molecule has 2 aromatic rings. The smallest absolute Gasteiger partial charge is 0.475 e. The van der Waals surface area contributed by atoms with Crippen molar-refractivity contribution in [2.75, 3.05) is 31.1 Å². The Bertz CT molecular complexity index is 812. The number of hydrogen-bond donors (Lipinski definition) is 1. The number of piperidine rings is 1. The van der Waals surface area contributed by atoms with Gasteiger partial charge in [0.25, 0.3) is 0 Å². The first-order valence-electron chi connectivity index (χ1n) is 9.18. The highest BCUT2D eigenvalue weighted by Gasteiger charge is 2.42. The lowest BCUT2D eigenvalue weighted by Gasteiger charge is -2.40. The van der Waals surface area contributed by atoms with E-state index >= 15 is 0 Å². The van der Waals surface area contributed by atoms with E-state index in [0.29, 0.717) is 5.41 Å². The van der Waals surface area contributed by atoms with Crippen molar-refractivity contribution < 1.29 is 23.1 Å². The van der Waals surface area contributed by atoms with Crippen molar-refractivity contribution in [1.29, 1.82) is 0 Å². The fraction of sp³-hybridized carbons (Fsp3) is 0.647. The molecule has 0 saturated carbocycles. The first-order chi connectivity index (χ1) is 13.7. The monoisotopic (exact) mass is 432 g/mol. The molecule has 29 heavy (non-hydrogen) atoms. The fourth-order valence-electron chi connectivity index (χ4n) is 3.99. The molecule has 0 aromatic carbocycles. The quantitative estimate of drug-likeness (QED) is 0.797. The lowest BCUT2D eigenvalue weighted by molar-refractivity contribution is -0.192. The Labute approximate surface area is 169 Å². The van der Waals surface area contributed by atoms with Crippen molar-refractivity contribution >= 4 is 22.4 Å². The number of nitrogens with zero attached hydrogens (tertiary/aromatic N) is 6. The zero-order chi connectivity index (χ0) is 21.1. The average Bonchev–Trinajstić information content (AvgIpc) is 3.37. The van der Waals surface area contributed by atoms with Crippen LogP contribution in [0.3, 0.4) is 0 Å². The molecule has 2 fully saturated rings. The van der Waals surface area contributed by atoms with E-state index in [1.54, 1.807) is 11.3 Å². The molecule has 0 amide bonds. The summed E-state index contributed by atoms with van der Waals surface area (Å²) in [6.07, 6.45) is 2.94. The number of aryl methyl sites for hydroxylation is 1. The summed E-state index contributed by atoms with van der Waals surface area (Å²) in [4.78, 5) is 13.9. The summed E-state index contributed by atoms with van der Waals surface area (Å²) in [5.74, 6) is -2.76. The number of anilines is 1. The van der Waals surface area contributed by atoms with Gasteiger partial charge in [-0.05, 0) is 25.8 Å². The van der Waals surface area contributed by atoms with Gasteiger partial charge in [0.15, 0.2) is 0 Å². The second-order valence-corrected chi connectivity index (χ2v) is 8.34. The van der Waals surface area contributed by atoms with Crippen LogP contribution in [-0.4, -0.2) is 68.3 Å². The molecule has 2 aliphatic rings. The molecule has 0 bridgehead atoms. The molecule has 8 nitrogen and oxygen atoms in total. The van der Waals surface area contributed by atoms with Gasteiger partial charge in [0.2, 0.25) is 5.13 Å². The van der Waals surface area contributed by atoms with Crippen molar-refractivity contribution in [3.8, 4) is 0 Å². The van der Waals surface area contributed by atoms with E-state index < -0.39 is 12.1 Å². The molecule has 4 rings (SSSR count). The van der Waals surface area contributed by atoms with Crippen LogP contribution in [0.25, 0.3) is 0 Å². The topological polar surface area (TPSA) is 87.4 Å². The molecule has 2 aliphatic heterocycles. The van der Waals surface area contributed by atoms with E-state index in [1.807, 2.05) is 23.4 Å². The fourth-order valence-corrected chi connectivity index (χ4v) is 4.58. The molecule has 2 saturated heterocycles. The summed E-state index contributed by atoms with van der Waals surface area (Å²) in [5.41, 5.74) is 3.58. The maximum atomic E-state index is 10.6. The number of halogens is 3. The molecule has 2 aromatic heterocycles. The summed E-state index contributed by atoms with van der Waals surface area (Å²) in [6, 6.07) is 0. The van der Waals surface area contributed by atoms with E-state index in [1.165, 1.54) is 37.9 Å². The van der Waals surface area contributed by atoms with E-state index in [2.05, 4.69) is 31.3 Å². The highest BCUT2D eigenvalue weighted by Crippen LogP contribution is 2.41. The lowest BCUT2D eigenvalue weighted by Crippen LogP contribution is -2.44. The van der Waals surface area contributed by atoms with Crippen LogP contribution >= 0.6 is 11.3 Å². The Kier molecular flexibility index (Phi) is 6.42. The number of hydrogen-bond acceptors (Lipinski definition) is 7. The number of carbonyl (C=O) groups is 1. The Morgan fingerprint density at radius 3 is 2.66 bits per heavy atom. The molecule has 0 aliphatic carbocycles. The van der Waals surface area contributed by atoms with E-state index in [9.17, 15) is 13.2 Å². The van der Waals surface area contributed by atoms with Gasteiger partial charge in [-0.25, -0.2) is 4.79 Å². The first kappa shape index (κ1) is 21.5. The minimum Gasteiger partial charge on any atom is -0.475 e. The van der Waals surface area contributed by atoms with Gasteiger partial charge >= 0.3 is 12.1 Å². The number of likely N-dealkylation sites (tertiary alicyclic amines) is 1. The Morgan fingerprint density at radius 2 is 2.07 bits per heavy atom. The Morgan fingerprint density at radius 1 is 1.31 bits per heavy atom. The average molecular weight is 432 g/mol. The normalized spacial score (nSPS) is 22.6. The minimum atomic E-state index is -5.08. The zero-order valence-electron chi connectivity index (χ0n) is 16.0. The predicted molar refractivity (Wildman–Crippen MR) is 101 cm³/mol. The van der Waals surface area contributed by atoms with Crippen LogP contribution in [0, 0.1) is 5.41 Å². The highest BCUT2D eigenvalue weighted by molar-refractivity contribution is 7.13. The second kappa shape index (κ2) is 8.66. The highest BCUT2D eigenvalue weighted by atomic mass is 32.1. The van der Waals surface area contributed by atoms with Crippen LogP contribution in [-0.2, 0) is 18.4 Å². The largest absolute Gasteiger partial charge is 0.490 e. The molecule has 160 valence electrons. The van der Waals surface area contributed by atoms with Gasteiger partial charge in [0.1, 0.15) is 5.51 Å². The standard InChI is InChI=1S/C15H22N6S.C2HF3O2/c1-19-8-13(7-17-19)9-20-5-2-3-15(10-20)4-6-21(11-15)14-18-16-12-22-14;3-2(4,5)1(6)7/h7-8,12H,2-6,9-11H2,1H3;(H,6,7). The van der Waals surface area contributed by atoms with Gasteiger partial charge in [-0.1, -0.05) is 11.3 Å². The van der Waals surface area contributed by atoms with Crippen LogP contribution < -0.4 is 4.90 Å². The molecular formula is C17H23F3N6O2S. The van der Waals surface area contributed by atoms with Crippen molar-refractivity contribution in [2.24, 2.45) is 12.5 Å². The third-order valence-corrected chi connectivity index (χ3v) is 5.96. The van der Waals surface area contributed by atoms with Crippen LogP contribution in [0.15, 0.2) is 17.9 Å². The van der Waals surface area contributed by atoms with Crippen molar-refractivity contribution in [3.63, 3.8) is 0 Å². The Balaban J connectivity index is 0.000000298.